The molecular formula is C24H42N2S. The number of nitrogens with zero attached hydrogens (tertiary/aromatic N) is 1. The monoisotopic (exact) mass is 390 g/mol. The maximum absolute atomic E-state index is 3.86. The molecule has 2 aliphatic carbocycles. The van der Waals surface area contributed by atoms with Crippen LogP contribution in [0.1, 0.15) is 64.2 Å². The Kier molecular flexibility index (Phi) is 12.2. The Bertz CT molecular complexity index is 434. The molecule has 0 spiro atoms. The molecule has 0 saturated heterocycles. The van der Waals surface area contributed by atoms with Crippen LogP contribution in [-0.4, -0.2) is 48.6 Å². The van der Waals surface area contributed by atoms with Crippen LogP contribution in [0.15, 0.2) is 37.0 Å². The van der Waals surface area contributed by atoms with Gasteiger partial charge in [0, 0.05) is 18.3 Å². The van der Waals surface area contributed by atoms with E-state index in [1.807, 2.05) is 23.9 Å². The highest BCUT2D eigenvalue weighted by Gasteiger charge is 2.25. The maximum atomic E-state index is 3.86. The lowest BCUT2D eigenvalue weighted by Gasteiger charge is -2.31. The van der Waals surface area contributed by atoms with Crippen molar-refractivity contribution in [3.8, 4) is 0 Å². The first kappa shape index (κ1) is 22.8. The molecule has 0 unspecified atom stereocenters. The number of hydrogen-bond donors (Lipinski definition) is 1. The summed E-state index contributed by atoms with van der Waals surface area (Å²) in [5, 5.41) is 3.66. The van der Waals surface area contributed by atoms with Crippen molar-refractivity contribution in [2.24, 2.45) is 5.92 Å². The molecule has 2 saturated carbocycles. The van der Waals surface area contributed by atoms with Crippen LogP contribution in [0, 0.1) is 5.92 Å². The number of allylic oxidation sites excluding steroid dienone is 3. The average Bonchev–Trinajstić information content (AvgIpc) is 3.38. The fraction of sp³-hybridized carbons (Fsp3) is 0.750. The van der Waals surface area contributed by atoms with E-state index in [0.717, 1.165) is 24.3 Å². The van der Waals surface area contributed by atoms with E-state index in [1.54, 1.807) is 0 Å². The lowest BCUT2D eigenvalue weighted by atomic mass is 10.1. The summed E-state index contributed by atoms with van der Waals surface area (Å²) < 4.78 is 0. The van der Waals surface area contributed by atoms with E-state index in [0.29, 0.717) is 0 Å². The first-order chi connectivity index (χ1) is 13.3. The van der Waals surface area contributed by atoms with Crippen LogP contribution in [0.25, 0.3) is 0 Å². The molecule has 2 fully saturated rings. The second-order valence-corrected chi connectivity index (χ2v) is 9.38. The van der Waals surface area contributed by atoms with Crippen LogP contribution < -0.4 is 5.32 Å². The summed E-state index contributed by atoms with van der Waals surface area (Å²) in [6.07, 6.45) is 20.1. The van der Waals surface area contributed by atoms with Gasteiger partial charge in [-0.2, -0.15) is 11.8 Å². The Labute approximate surface area is 172 Å². The lowest BCUT2D eigenvalue weighted by Crippen LogP contribution is -2.38. The summed E-state index contributed by atoms with van der Waals surface area (Å²) in [6.45, 7) is 12.6. The van der Waals surface area contributed by atoms with E-state index < -0.39 is 0 Å². The molecule has 1 N–H and O–H groups in total. The van der Waals surface area contributed by atoms with Gasteiger partial charge in [-0.1, -0.05) is 57.1 Å². The molecule has 27 heavy (non-hydrogen) atoms. The van der Waals surface area contributed by atoms with Gasteiger partial charge < -0.3 is 10.2 Å². The van der Waals surface area contributed by atoms with E-state index in [9.17, 15) is 0 Å². The van der Waals surface area contributed by atoms with Crippen molar-refractivity contribution < 1.29 is 0 Å². The zero-order chi connectivity index (χ0) is 19.2. The van der Waals surface area contributed by atoms with Crippen LogP contribution >= 0.6 is 11.8 Å². The van der Waals surface area contributed by atoms with Gasteiger partial charge in [-0.15, -0.1) is 0 Å². The fourth-order valence-electron chi connectivity index (χ4n) is 4.56. The molecule has 0 aliphatic heterocycles. The summed E-state index contributed by atoms with van der Waals surface area (Å²) in [7, 11) is 0. The number of thioether (sulfide) groups is 1. The van der Waals surface area contributed by atoms with E-state index in [-0.39, 0.29) is 0 Å². The van der Waals surface area contributed by atoms with Crippen molar-refractivity contribution in [2.45, 2.75) is 70.3 Å². The smallest absolute Gasteiger partial charge is 0.0184 e. The molecule has 0 heterocycles. The average molecular weight is 391 g/mol. The molecule has 0 atom stereocenters. The Morgan fingerprint density at radius 3 is 2.41 bits per heavy atom. The predicted molar refractivity (Wildman–Crippen MR) is 124 cm³/mol. The third-order valence-electron chi connectivity index (χ3n) is 6.11. The minimum absolute atomic E-state index is 0.893. The molecule has 0 radical (unpaired) electrons. The first-order valence-electron chi connectivity index (χ1n) is 11.3. The standard InChI is InChI=1S/C24H42N2S/c1-3-11-22(4-2)21-27-19-10-17-25-16-9-18-26(24-14-7-8-15-24)20-23-12-5-6-13-23/h3-4,11,23-25H,1-2,5-10,12-21H2/b22-11+. The largest absolute Gasteiger partial charge is 0.317 e. The molecule has 0 bridgehead atoms. The maximum Gasteiger partial charge on any atom is 0.0184 e. The van der Waals surface area contributed by atoms with E-state index in [4.69, 9.17) is 0 Å². The van der Waals surface area contributed by atoms with Crippen LogP contribution in [0.2, 0.25) is 0 Å². The van der Waals surface area contributed by atoms with Crippen molar-refractivity contribution in [3.63, 3.8) is 0 Å². The topological polar surface area (TPSA) is 15.3 Å². The van der Waals surface area contributed by atoms with Crippen LogP contribution in [0.4, 0.5) is 0 Å². The molecular weight excluding hydrogens is 348 g/mol. The Morgan fingerprint density at radius 1 is 1.00 bits per heavy atom. The van der Waals surface area contributed by atoms with E-state index in [1.165, 1.54) is 95.2 Å². The minimum Gasteiger partial charge on any atom is -0.317 e. The molecule has 3 heteroatoms. The lowest BCUT2D eigenvalue weighted by molar-refractivity contribution is 0.166. The van der Waals surface area contributed by atoms with E-state index in [2.05, 4.69) is 29.5 Å². The van der Waals surface area contributed by atoms with Gasteiger partial charge in [0.2, 0.25) is 0 Å². The summed E-state index contributed by atoms with van der Waals surface area (Å²) in [5.74, 6) is 3.25. The summed E-state index contributed by atoms with van der Waals surface area (Å²) in [5.41, 5.74) is 1.28. The van der Waals surface area contributed by atoms with Gasteiger partial charge in [-0.3, -0.25) is 0 Å². The van der Waals surface area contributed by atoms with Gasteiger partial charge in [0.1, 0.15) is 0 Å². The van der Waals surface area contributed by atoms with Crippen molar-refractivity contribution >= 4 is 11.8 Å². The van der Waals surface area contributed by atoms with Crippen molar-refractivity contribution in [2.75, 3.05) is 37.7 Å². The normalized spacial score (nSPS) is 19.2. The molecule has 154 valence electrons. The third-order valence-corrected chi connectivity index (χ3v) is 7.23. The molecule has 2 nitrogen and oxygen atoms in total. The molecule has 2 rings (SSSR count). The fourth-order valence-corrected chi connectivity index (χ4v) is 5.51. The predicted octanol–water partition coefficient (Wildman–Crippen LogP) is 5.82. The van der Waals surface area contributed by atoms with Gasteiger partial charge in [-0.05, 0) is 75.4 Å². The highest BCUT2D eigenvalue weighted by Crippen LogP contribution is 2.29. The zero-order valence-electron chi connectivity index (χ0n) is 17.5. The Hall–Kier alpha value is -0.510. The van der Waals surface area contributed by atoms with Gasteiger partial charge in [0.25, 0.3) is 0 Å². The van der Waals surface area contributed by atoms with Gasteiger partial charge in [0.15, 0.2) is 0 Å². The van der Waals surface area contributed by atoms with Crippen molar-refractivity contribution in [1.29, 1.82) is 0 Å². The highest BCUT2D eigenvalue weighted by molar-refractivity contribution is 7.99. The van der Waals surface area contributed by atoms with Gasteiger partial charge >= 0.3 is 0 Å². The Balaban J connectivity index is 1.51. The third kappa shape index (κ3) is 9.49. The van der Waals surface area contributed by atoms with E-state index >= 15 is 0 Å². The SMILES string of the molecule is C=C/C=C(\C=C)CSCCCNCCCN(CC1CCCC1)C1CCCC1. The molecule has 0 aromatic heterocycles. The van der Waals surface area contributed by atoms with Crippen LogP contribution in [0.3, 0.4) is 0 Å². The number of nitrogens with one attached hydrogen (secondary N) is 1. The summed E-state index contributed by atoms with van der Waals surface area (Å²) >= 11 is 1.99. The zero-order valence-corrected chi connectivity index (χ0v) is 18.3. The van der Waals surface area contributed by atoms with Crippen molar-refractivity contribution in [3.05, 3.63) is 37.0 Å². The van der Waals surface area contributed by atoms with Crippen molar-refractivity contribution in [1.82, 2.24) is 10.2 Å². The van der Waals surface area contributed by atoms with Crippen LogP contribution in [0.5, 0.6) is 0 Å². The molecule has 2 aliphatic rings. The molecule has 0 aromatic carbocycles. The second kappa shape index (κ2) is 14.5. The first-order valence-corrected chi connectivity index (χ1v) is 12.5. The quantitative estimate of drug-likeness (QED) is 0.280. The van der Waals surface area contributed by atoms with Gasteiger partial charge in [0.05, 0.1) is 0 Å². The minimum atomic E-state index is 0.893. The Morgan fingerprint density at radius 2 is 1.70 bits per heavy atom. The number of hydrogen-bond acceptors (Lipinski definition) is 3. The molecule has 0 amide bonds. The number of rotatable bonds is 15. The second-order valence-electron chi connectivity index (χ2n) is 8.27. The van der Waals surface area contributed by atoms with Gasteiger partial charge in [-0.25, -0.2) is 0 Å². The highest BCUT2D eigenvalue weighted by atomic mass is 32.2. The summed E-state index contributed by atoms with van der Waals surface area (Å²) in [4.78, 5) is 2.86. The molecule has 0 aromatic rings. The van der Waals surface area contributed by atoms with Crippen LogP contribution in [-0.2, 0) is 0 Å². The summed E-state index contributed by atoms with van der Waals surface area (Å²) in [6, 6.07) is 0.893.